The van der Waals surface area contributed by atoms with E-state index in [9.17, 15) is 9.59 Å². The van der Waals surface area contributed by atoms with Crippen LogP contribution >= 0.6 is 11.3 Å². The first-order valence-corrected chi connectivity index (χ1v) is 6.41. The van der Waals surface area contributed by atoms with Crippen LogP contribution in [0.5, 0.6) is 0 Å². The molecule has 0 amide bonds. The van der Waals surface area contributed by atoms with Gasteiger partial charge >= 0.3 is 10.8 Å². The highest BCUT2D eigenvalue weighted by molar-refractivity contribution is 7.11. The molecule has 0 bridgehead atoms. The van der Waals surface area contributed by atoms with E-state index < -0.39 is 5.97 Å². The van der Waals surface area contributed by atoms with Gasteiger partial charge in [0, 0.05) is 11.4 Å². The van der Waals surface area contributed by atoms with Crippen LogP contribution in [0.2, 0.25) is 0 Å². The van der Waals surface area contributed by atoms with Gasteiger partial charge in [-0.15, -0.1) is 0 Å². The highest BCUT2D eigenvalue weighted by Gasteiger charge is 2.19. The van der Waals surface area contributed by atoms with Crippen molar-refractivity contribution in [1.29, 1.82) is 0 Å². The third-order valence-electron chi connectivity index (χ3n) is 2.51. The zero-order chi connectivity index (χ0) is 13.1. The molecule has 0 saturated carbocycles. The van der Waals surface area contributed by atoms with E-state index in [2.05, 4.69) is 0 Å². The summed E-state index contributed by atoms with van der Waals surface area (Å²) in [5.41, 5.74) is 1.38. The number of thiazole rings is 1. The predicted molar refractivity (Wildman–Crippen MR) is 70.6 cm³/mol. The second-order valence-electron chi connectivity index (χ2n) is 3.67. The number of benzene rings is 1. The fourth-order valence-electron chi connectivity index (χ4n) is 1.71. The lowest BCUT2D eigenvalue weighted by Crippen LogP contribution is -2.12. The van der Waals surface area contributed by atoms with E-state index >= 15 is 0 Å². The summed E-state index contributed by atoms with van der Waals surface area (Å²) in [6.45, 7) is 3.79. The lowest BCUT2D eigenvalue weighted by molar-refractivity contribution is 0.0531. The number of esters is 1. The molecule has 1 aromatic heterocycles. The summed E-state index contributed by atoms with van der Waals surface area (Å²) in [6.07, 6.45) is 0. The van der Waals surface area contributed by atoms with Crippen molar-refractivity contribution in [2.45, 2.75) is 13.8 Å². The number of hydrogen-bond donors (Lipinski definition) is 0. The number of carbonyl (C=O) groups excluding carboxylic acids is 1. The van der Waals surface area contributed by atoms with Gasteiger partial charge in [0.05, 0.1) is 6.61 Å². The monoisotopic (exact) mass is 263 g/mol. The van der Waals surface area contributed by atoms with Crippen LogP contribution in [0.15, 0.2) is 35.1 Å². The van der Waals surface area contributed by atoms with Gasteiger partial charge in [0.25, 0.3) is 0 Å². The van der Waals surface area contributed by atoms with Crippen LogP contribution in [0.1, 0.15) is 22.3 Å². The van der Waals surface area contributed by atoms with Crippen molar-refractivity contribution in [3.8, 4) is 5.69 Å². The number of carbonyl (C=O) groups is 1. The first kappa shape index (κ1) is 12.6. The number of nitrogens with zero attached hydrogens (tertiary/aromatic N) is 1. The van der Waals surface area contributed by atoms with Crippen molar-refractivity contribution >= 4 is 17.3 Å². The maximum Gasteiger partial charge on any atom is 0.350 e. The molecule has 4 nitrogen and oxygen atoms in total. The molecule has 18 heavy (non-hydrogen) atoms. The Hall–Kier alpha value is -1.88. The lowest BCUT2D eigenvalue weighted by Gasteiger charge is -2.05. The maximum atomic E-state index is 11.9. The topological polar surface area (TPSA) is 48.3 Å². The number of hydrogen-bond acceptors (Lipinski definition) is 4. The summed E-state index contributed by atoms with van der Waals surface area (Å²) < 4.78 is 6.46. The summed E-state index contributed by atoms with van der Waals surface area (Å²) >= 11 is 0.917. The molecular weight excluding hydrogens is 250 g/mol. The average molecular weight is 263 g/mol. The van der Waals surface area contributed by atoms with Crippen LogP contribution < -0.4 is 4.87 Å². The molecule has 94 valence electrons. The summed E-state index contributed by atoms with van der Waals surface area (Å²) in [4.78, 5) is 23.8. The first-order chi connectivity index (χ1) is 8.65. The molecule has 2 rings (SSSR count). The second kappa shape index (κ2) is 5.18. The third kappa shape index (κ3) is 2.22. The molecule has 0 atom stereocenters. The molecular formula is C13H13NO3S. The summed E-state index contributed by atoms with van der Waals surface area (Å²) in [5, 5.41) is 0. The van der Waals surface area contributed by atoms with Gasteiger partial charge in [-0.3, -0.25) is 9.36 Å². The molecule has 0 aliphatic rings. The zero-order valence-electron chi connectivity index (χ0n) is 10.2. The van der Waals surface area contributed by atoms with Crippen LogP contribution in [0.25, 0.3) is 5.69 Å². The van der Waals surface area contributed by atoms with Crippen molar-refractivity contribution in [3.05, 3.63) is 50.6 Å². The summed E-state index contributed by atoms with van der Waals surface area (Å²) in [5.74, 6) is -0.438. The maximum absolute atomic E-state index is 11.9. The van der Waals surface area contributed by atoms with Crippen molar-refractivity contribution in [1.82, 2.24) is 4.57 Å². The molecule has 0 fully saturated rings. The van der Waals surface area contributed by atoms with Gasteiger partial charge in [-0.1, -0.05) is 29.5 Å². The van der Waals surface area contributed by atoms with Gasteiger partial charge in [0.2, 0.25) is 0 Å². The Morgan fingerprint density at radius 2 is 2.00 bits per heavy atom. The molecule has 0 radical (unpaired) electrons. The van der Waals surface area contributed by atoms with E-state index in [0.717, 1.165) is 17.0 Å². The third-order valence-corrected chi connectivity index (χ3v) is 3.53. The van der Waals surface area contributed by atoms with Gasteiger partial charge in [-0.25, -0.2) is 4.79 Å². The normalized spacial score (nSPS) is 10.3. The molecule has 5 heteroatoms. The highest BCUT2D eigenvalue weighted by Crippen LogP contribution is 2.17. The standard InChI is InChI=1S/C13H13NO3S/c1-3-17-12(15)11-9(2)14(13(16)18-11)10-7-5-4-6-8-10/h4-8H,3H2,1-2H3. The summed E-state index contributed by atoms with van der Waals surface area (Å²) in [6, 6.07) is 9.24. The van der Waals surface area contributed by atoms with Crippen molar-refractivity contribution in [2.24, 2.45) is 0 Å². The van der Waals surface area contributed by atoms with Crippen LogP contribution in [0.3, 0.4) is 0 Å². The minimum atomic E-state index is -0.438. The lowest BCUT2D eigenvalue weighted by atomic mass is 10.3. The highest BCUT2D eigenvalue weighted by atomic mass is 32.1. The Kier molecular flexibility index (Phi) is 3.62. The number of rotatable bonds is 3. The van der Waals surface area contributed by atoms with Crippen molar-refractivity contribution in [3.63, 3.8) is 0 Å². The Balaban J connectivity index is 2.52. The fourth-order valence-corrected chi connectivity index (χ4v) is 2.60. The van der Waals surface area contributed by atoms with Gasteiger partial charge in [0.15, 0.2) is 0 Å². The van der Waals surface area contributed by atoms with Crippen LogP contribution in [0.4, 0.5) is 0 Å². The molecule has 1 heterocycles. The molecule has 0 spiro atoms. The molecule has 0 aliphatic carbocycles. The number of para-hydroxylation sites is 1. The van der Waals surface area contributed by atoms with Gasteiger partial charge in [-0.05, 0) is 26.0 Å². The second-order valence-corrected chi connectivity index (χ2v) is 4.64. The van der Waals surface area contributed by atoms with Gasteiger partial charge in [-0.2, -0.15) is 0 Å². The average Bonchev–Trinajstić information content (AvgIpc) is 2.66. The van der Waals surface area contributed by atoms with E-state index in [-0.39, 0.29) is 4.87 Å². The summed E-state index contributed by atoms with van der Waals surface area (Å²) in [7, 11) is 0. The van der Waals surface area contributed by atoms with Crippen LogP contribution in [0, 0.1) is 6.92 Å². The predicted octanol–water partition coefficient (Wildman–Crippen LogP) is 2.38. The Morgan fingerprint density at radius 3 is 2.61 bits per heavy atom. The van der Waals surface area contributed by atoms with Gasteiger partial charge in [0.1, 0.15) is 4.88 Å². The largest absolute Gasteiger partial charge is 0.462 e. The smallest absolute Gasteiger partial charge is 0.350 e. The van der Waals surface area contributed by atoms with E-state index in [0.29, 0.717) is 17.2 Å². The Morgan fingerprint density at radius 1 is 1.33 bits per heavy atom. The van der Waals surface area contributed by atoms with Crippen LogP contribution in [-0.4, -0.2) is 17.1 Å². The molecule has 0 N–H and O–H groups in total. The van der Waals surface area contributed by atoms with E-state index in [4.69, 9.17) is 4.74 Å². The minimum absolute atomic E-state index is 0.179. The zero-order valence-corrected chi connectivity index (χ0v) is 11.0. The SMILES string of the molecule is CCOC(=O)c1sc(=O)n(-c2ccccc2)c1C. The van der Waals surface area contributed by atoms with Crippen LogP contribution in [-0.2, 0) is 4.74 Å². The molecule has 0 saturated heterocycles. The van der Waals surface area contributed by atoms with Crippen molar-refractivity contribution in [2.75, 3.05) is 6.61 Å². The molecule has 1 aromatic carbocycles. The van der Waals surface area contributed by atoms with E-state index in [1.165, 1.54) is 4.57 Å². The Labute approximate surface area is 108 Å². The molecule has 0 unspecified atom stereocenters. The quantitative estimate of drug-likeness (QED) is 0.799. The Bertz CT molecular complexity index is 613. The number of aromatic nitrogens is 1. The number of ether oxygens (including phenoxy) is 1. The van der Waals surface area contributed by atoms with E-state index in [1.54, 1.807) is 13.8 Å². The molecule has 0 aliphatic heterocycles. The minimum Gasteiger partial charge on any atom is -0.462 e. The fraction of sp³-hybridized carbons (Fsp3) is 0.231. The van der Waals surface area contributed by atoms with Gasteiger partial charge < -0.3 is 4.74 Å². The first-order valence-electron chi connectivity index (χ1n) is 5.60. The molecule has 2 aromatic rings. The van der Waals surface area contributed by atoms with E-state index in [1.807, 2.05) is 30.3 Å². The van der Waals surface area contributed by atoms with Crippen molar-refractivity contribution < 1.29 is 9.53 Å².